The highest BCUT2D eigenvalue weighted by molar-refractivity contribution is 6.13. The van der Waals surface area contributed by atoms with Gasteiger partial charge in [-0.1, -0.05) is 44.9 Å². The highest BCUT2D eigenvalue weighted by atomic mass is 16.1. The second-order valence-electron chi connectivity index (χ2n) is 3.84. The van der Waals surface area contributed by atoms with Crippen LogP contribution in [-0.2, 0) is 17.6 Å². The second kappa shape index (κ2) is 6.94. The van der Waals surface area contributed by atoms with E-state index in [0.29, 0.717) is 0 Å². The fourth-order valence-electron chi connectivity index (χ4n) is 1.86. The third kappa shape index (κ3) is 3.30. The van der Waals surface area contributed by atoms with Gasteiger partial charge in [0.2, 0.25) is 0 Å². The van der Waals surface area contributed by atoms with Gasteiger partial charge in [-0.25, -0.2) is 0 Å². The third-order valence-electron chi connectivity index (χ3n) is 2.51. The van der Waals surface area contributed by atoms with Crippen LogP contribution in [0, 0.1) is 0 Å². The Morgan fingerprint density at radius 2 is 1.69 bits per heavy atom. The third-order valence-corrected chi connectivity index (χ3v) is 2.51. The van der Waals surface area contributed by atoms with Gasteiger partial charge in [-0.3, -0.25) is 9.79 Å². The molecule has 0 atom stereocenters. The second-order valence-corrected chi connectivity index (χ2v) is 3.84. The number of benzene rings is 1. The number of nitrogens with zero attached hydrogens (tertiary/aromatic N) is 1. The van der Waals surface area contributed by atoms with E-state index >= 15 is 0 Å². The zero-order chi connectivity index (χ0) is 11.8. The molecule has 0 fully saturated rings. The minimum atomic E-state index is 0.735. The number of rotatable bonds is 6. The summed E-state index contributed by atoms with van der Waals surface area (Å²) in [5, 5.41) is 0. The van der Waals surface area contributed by atoms with Crippen LogP contribution in [0.15, 0.2) is 23.2 Å². The summed E-state index contributed by atoms with van der Waals surface area (Å²) in [4.78, 5) is 14.6. The lowest BCUT2D eigenvalue weighted by molar-refractivity contribution is -0.102. The van der Waals surface area contributed by atoms with E-state index in [0.717, 1.165) is 37.7 Å². The molecular weight excluding hydrogens is 198 g/mol. The topological polar surface area (TPSA) is 29.4 Å². The SMILES string of the molecule is CCCc1cccc(CCC)c1N=CC=O. The summed E-state index contributed by atoms with van der Waals surface area (Å²) in [6.45, 7) is 4.30. The number of carbonyl (C=O) groups excluding carboxylic acids is 1. The molecule has 2 heteroatoms. The predicted octanol–water partition coefficient (Wildman–Crippen LogP) is 3.49. The molecule has 0 bridgehead atoms. The summed E-state index contributed by atoms with van der Waals surface area (Å²) in [7, 11) is 0. The zero-order valence-electron chi connectivity index (χ0n) is 10.1. The summed E-state index contributed by atoms with van der Waals surface area (Å²) in [6.07, 6.45) is 6.30. The smallest absolute Gasteiger partial charge is 0.161 e. The molecule has 0 saturated heterocycles. The Hall–Kier alpha value is -1.44. The molecule has 0 aliphatic heterocycles. The molecule has 16 heavy (non-hydrogen) atoms. The quantitative estimate of drug-likeness (QED) is 0.529. The molecule has 1 rings (SSSR count). The Bertz CT molecular complexity index is 345. The van der Waals surface area contributed by atoms with Gasteiger partial charge in [0.15, 0.2) is 6.29 Å². The molecule has 0 saturated carbocycles. The number of aryl methyl sites for hydroxylation is 2. The average Bonchev–Trinajstić information content (AvgIpc) is 2.29. The first-order valence-corrected chi connectivity index (χ1v) is 5.92. The Labute approximate surface area is 97.4 Å². The molecule has 0 amide bonds. The largest absolute Gasteiger partial charge is 0.297 e. The van der Waals surface area contributed by atoms with Gasteiger partial charge in [-0.15, -0.1) is 0 Å². The van der Waals surface area contributed by atoms with Crippen molar-refractivity contribution in [3.05, 3.63) is 29.3 Å². The first kappa shape index (κ1) is 12.6. The van der Waals surface area contributed by atoms with E-state index in [9.17, 15) is 4.79 Å². The molecule has 1 aromatic rings. The minimum Gasteiger partial charge on any atom is -0.297 e. The lowest BCUT2D eigenvalue weighted by Crippen LogP contribution is -1.91. The van der Waals surface area contributed by atoms with E-state index < -0.39 is 0 Å². The van der Waals surface area contributed by atoms with Crippen molar-refractivity contribution in [3.63, 3.8) is 0 Å². The van der Waals surface area contributed by atoms with E-state index in [1.165, 1.54) is 17.3 Å². The van der Waals surface area contributed by atoms with Crippen LogP contribution in [0.2, 0.25) is 0 Å². The molecule has 0 N–H and O–H groups in total. The van der Waals surface area contributed by atoms with Crippen molar-refractivity contribution in [1.29, 1.82) is 0 Å². The van der Waals surface area contributed by atoms with Crippen LogP contribution in [0.1, 0.15) is 37.8 Å². The molecule has 86 valence electrons. The van der Waals surface area contributed by atoms with Gasteiger partial charge in [-0.2, -0.15) is 0 Å². The van der Waals surface area contributed by atoms with Crippen molar-refractivity contribution in [1.82, 2.24) is 0 Å². The maximum atomic E-state index is 10.4. The van der Waals surface area contributed by atoms with Crippen molar-refractivity contribution in [2.24, 2.45) is 4.99 Å². The van der Waals surface area contributed by atoms with Crippen LogP contribution >= 0.6 is 0 Å². The average molecular weight is 217 g/mol. The summed E-state index contributed by atoms with van der Waals surface area (Å²) in [5.74, 6) is 0. The number of carbonyl (C=O) groups is 1. The van der Waals surface area contributed by atoms with Crippen LogP contribution in [0.5, 0.6) is 0 Å². The van der Waals surface area contributed by atoms with Crippen LogP contribution in [0.3, 0.4) is 0 Å². The zero-order valence-corrected chi connectivity index (χ0v) is 10.1. The molecule has 0 aliphatic carbocycles. The molecular formula is C14H19NO. The number of aliphatic imine (C=N–C) groups is 1. The van der Waals surface area contributed by atoms with E-state index in [1.54, 1.807) is 0 Å². The monoisotopic (exact) mass is 217 g/mol. The first-order valence-electron chi connectivity index (χ1n) is 5.92. The molecule has 0 heterocycles. The maximum Gasteiger partial charge on any atom is 0.161 e. The standard InChI is InChI=1S/C14H19NO/c1-3-6-12-8-5-9-13(7-4-2)14(12)15-10-11-16/h5,8-11H,3-4,6-7H2,1-2H3. The van der Waals surface area contributed by atoms with Crippen molar-refractivity contribution in [2.45, 2.75) is 39.5 Å². The van der Waals surface area contributed by atoms with Crippen molar-refractivity contribution in [2.75, 3.05) is 0 Å². The summed E-state index contributed by atoms with van der Waals surface area (Å²) < 4.78 is 0. The van der Waals surface area contributed by atoms with Gasteiger partial charge in [-0.05, 0) is 24.0 Å². The molecule has 0 radical (unpaired) electrons. The Morgan fingerprint density at radius 3 is 2.12 bits per heavy atom. The van der Waals surface area contributed by atoms with Gasteiger partial charge in [0.25, 0.3) is 0 Å². The Morgan fingerprint density at radius 1 is 1.12 bits per heavy atom. The van der Waals surface area contributed by atoms with Gasteiger partial charge < -0.3 is 0 Å². The summed E-state index contributed by atoms with van der Waals surface area (Å²) >= 11 is 0. The number of hydrogen-bond donors (Lipinski definition) is 0. The van der Waals surface area contributed by atoms with E-state index in [1.807, 2.05) is 0 Å². The summed E-state index contributed by atoms with van der Waals surface area (Å²) in [5.41, 5.74) is 3.48. The van der Waals surface area contributed by atoms with Gasteiger partial charge in [0.1, 0.15) is 0 Å². The van der Waals surface area contributed by atoms with Crippen LogP contribution < -0.4 is 0 Å². The fraction of sp³-hybridized carbons (Fsp3) is 0.429. The predicted molar refractivity (Wildman–Crippen MR) is 68.6 cm³/mol. The fourth-order valence-corrected chi connectivity index (χ4v) is 1.86. The Balaban J connectivity index is 3.11. The van der Waals surface area contributed by atoms with Gasteiger partial charge in [0.05, 0.1) is 11.9 Å². The highest BCUT2D eigenvalue weighted by Crippen LogP contribution is 2.26. The van der Waals surface area contributed by atoms with Gasteiger partial charge >= 0.3 is 0 Å². The minimum absolute atomic E-state index is 0.735. The lowest BCUT2D eigenvalue weighted by Gasteiger charge is -2.09. The number of aldehydes is 1. The van der Waals surface area contributed by atoms with Crippen molar-refractivity contribution >= 4 is 18.2 Å². The maximum absolute atomic E-state index is 10.4. The van der Waals surface area contributed by atoms with Crippen LogP contribution in [0.4, 0.5) is 5.69 Å². The molecule has 1 aromatic carbocycles. The first-order chi connectivity index (χ1) is 7.83. The van der Waals surface area contributed by atoms with E-state index in [-0.39, 0.29) is 0 Å². The van der Waals surface area contributed by atoms with Gasteiger partial charge in [0, 0.05) is 0 Å². The highest BCUT2D eigenvalue weighted by Gasteiger charge is 2.05. The summed E-state index contributed by atoms with van der Waals surface area (Å²) in [6, 6.07) is 6.27. The Kier molecular flexibility index (Phi) is 5.48. The molecule has 0 aromatic heterocycles. The number of para-hydroxylation sites is 1. The molecule has 0 unspecified atom stereocenters. The van der Waals surface area contributed by atoms with Crippen molar-refractivity contribution < 1.29 is 4.79 Å². The lowest BCUT2D eigenvalue weighted by atomic mass is 10.0. The normalized spacial score (nSPS) is 10.9. The molecule has 0 aliphatic rings. The molecule has 0 spiro atoms. The van der Waals surface area contributed by atoms with E-state index in [2.05, 4.69) is 37.0 Å². The van der Waals surface area contributed by atoms with Crippen LogP contribution in [0.25, 0.3) is 0 Å². The van der Waals surface area contributed by atoms with E-state index in [4.69, 9.17) is 0 Å². The number of hydrogen-bond acceptors (Lipinski definition) is 2. The molecule has 2 nitrogen and oxygen atoms in total. The van der Waals surface area contributed by atoms with Crippen LogP contribution in [-0.4, -0.2) is 12.5 Å². The van der Waals surface area contributed by atoms with Crippen molar-refractivity contribution in [3.8, 4) is 0 Å².